The molecule has 1 N–H and O–H groups in total. The smallest absolute Gasteiger partial charge is 0.264 e. The van der Waals surface area contributed by atoms with E-state index in [1.807, 2.05) is 24.3 Å². The minimum atomic E-state index is -4.04. The summed E-state index contributed by atoms with van der Waals surface area (Å²) in [7, 11) is -2.54. The Hall–Kier alpha value is -3.17. The van der Waals surface area contributed by atoms with Gasteiger partial charge in [-0.25, -0.2) is 8.42 Å². The lowest BCUT2D eigenvalue weighted by Crippen LogP contribution is -2.50. The van der Waals surface area contributed by atoms with E-state index in [2.05, 4.69) is 21.2 Å². The molecule has 1 unspecified atom stereocenters. The minimum Gasteiger partial charge on any atom is -0.357 e. The van der Waals surface area contributed by atoms with Gasteiger partial charge in [0.05, 0.1) is 10.6 Å². The molecule has 0 spiro atoms. The Balaban J connectivity index is 1.99. The number of carbonyl (C=O) groups is 2. The van der Waals surface area contributed by atoms with Crippen molar-refractivity contribution in [2.24, 2.45) is 0 Å². The molecule has 0 bridgehead atoms. The van der Waals surface area contributed by atoms with Crippen LogP contribution < -0.4 is 9.62 Å². The molecule has 0 saturated carbocycles. The van der Waals surface area contributed by atoms with E-state index >= 15 is 0 Å². The average molecular weight is 544 g/mol. The fraction of sp³-hybridized carbons (Fsp3) is 0.200. The van der Waals surface area contributed by atoms with Crippen LogP contribution in [0.1, 0.15) is 12.5 Å². The Labute approximate surface area is 208 Å². The summed E-state index contributed by atoms with van der Waals surface area (Å²) in [5.74, 6) is -0.847. The molecule has 178 valence electrons. The van der Waals surface area contributed by atoms with E-state index in [1.54, 1.807) is 55.5 Å². The summed E-state index contributed by atoms with van der Waals surface area (Å²) in [6.07, 6.45) is 0. The van der Waals surface area contributed by atoms with Crippen LogP contribution in [0.5, 0.6) is 0 Å². The van der Waals surface area contributed by atoms with Crippen LogP contribution in [0.25, 0.3) is 0 Å². The second kappa shape index (κ2) is 11.3. The van der Waals surface area contributed by atoms with Gasteiger partial charge >= 0.3 is 0 Å². The van der Waals surface area contributed by atoms with Gasteiger partial charge in [-0.2, -0.15) is 0 Å². The zero-order valence-electron chi connectivity index (χ0n) is 18.9. The fourth-order valence-corrected chi connectivity index (χ4v) is 5.35. The van der Waals surface area contributed by atoms with E-state index in [1.165, 1.54) is 24.1 Å². The number of nitrogens with one attached hydrogen (secondary N) is 1. The van der Waals surface area contributed by atoms with Gasteiger partial charge < -0.3 is 10.2 Å². The van der Waals surface area contributed by atoms with Crippen molar-refractivity contribution in [2.45, 2.75) is 24.4 Å². The highest BCUT2D eigenvalue weighted by Crippen LogP contribution is 2.24. The van der Waals surface area contributed by atoms with E-state index in [-0.39, 0.29) is 17.3 Å². The molecule has 34 heavy (non-hydrogen) atoms. The van der Waals surface area contributed by atoms with E-state index in [0.717, 1.165) is 14.3 Å². The van der Waals surface area contributed by atoms with Crippen molar-refractivity contribution in [3.05, 3.63) is 95.0 Å². The zero-order chi connectivity index (χ0) is 24.7. The van der Waals surface area contributed by atoms with Crippen LogP contribution in [0.15, 0.2) is 94.3 Å². The highest BCUT2D eigenvalue weighted by atomic mass is 79.9. The number of nitrogens with zero attached hydrogens (tertiary/aromatic N) is 2. The third kappa shape index (κ3) is 6.03. The Kier molecular flexibility index (Phi) is 8.46. The predicted octanol–water partition coefficient (Wildman–Crippen LogP) is 3.81. The third-order valence-corrected chi connectivity index (χ3v) is 7.59. The van der Waals surface area contributed by atoms with Crippen molar-refractivity contribution in [2.75, 3.05) is 17.9 Å². The molecule has 0 heterocycles. The number of sulfonamides is 1. The molecule has 0 aromatic heterocycles. The molecular formula is C25H26BrN3O4S. The van der Waals surface area contributed by atoms with Crippen LogP contribution in [0, 0.1) is 0 Å². The van der Waals surface area contributed by atoms with Crippen LogP contribution in [0.4, 0.5) is 5.69 Å². The number of benzene rings is 3. The van der Waals surface area contributed by atoms with E-state index in [0.29, 0.717) is 5.69 Å². The van der Waals surface area contributed by atoms with Crippen LogP contribution in [-0.2, 0) is 26.2 Å². The number of carbonyl (C=O) groups excluding carboxylic acids is 2. The maximum Gasteiger partial charge on any atom is 0.264 e. The molecule has 0 saturated heterocycles. The van der Waals surface area contributed by atoms with Gasteiger partial charge in [0.1, 0.15) is 12.6 Å². The Morgan fingerprint density at radius 2 is 1.56 bits per heavy atom. The summed E-state index contributed by atoms with van der Waals surface area (Å²) in [5.41, 5.74) is 1.16. The van der Waals surface area contributed by atoms with Crippen molar-refractivity contribution in [3.63, 3.8) is 0 Å². The number of likely N-dealkylation sites (N-methyl/N-ethyl adjacent to an activating group) is 1. The maximum atomic E-state index is 13.6. The monoisotopic (exact) mass is 543 g/mol. The molecule has 9 heteroatoms. The SMILES string of the molecule is CNC(=O)C(C)N(Cc1cccc(Br)c1)C(=O)CN(c1ccccc1)S(=O)(=O)c1ccccc1. The van der Waals surface area contributed by atoms with Crippen LogP contribution in [0.2, 0.25) is 0 Å². The lowest BCUT2D eigenvalue weighted by Gasteiger charge is -2.31. The molecule has 2 amide bonds. The Morgan fingerprint density at radius 1 is 0.941 bits per heavy atom. The average Bonchev–Trinajstić information content (AvgIpc) is 2.85. The molecule has 7 nitrogen and oxygen atoms in total. The van der Waals surface area contributed by atoms with Crippen LogP contribution >= 0.6 is 15.9 Å². The molecule has 0 aliphatic heterocycles. The van der Waals surface area contributed by atoms with Gasteiger partial charge in [0.25, 0.3) is 10.0 Å². The topological polar surface area (TPSA) is 86.8 Å². The number of hydrogen-bond donors (Lipinski definition) is 1. The molecule has 0 aliphatic rings. The van der Waals surface area contributed by atoms with Gasteiger partial charge in [0, 0.05) is 18.1 Å². The molecule has 3 rings (SSSR count). The summed E-state index contributed by atoms with van der Waals surface area (Å²) in [4.78, 5) is 27.5. The zero-order valence-corrected chi connectivity index (χ0v) is 21.3. The Bertz CT molecular complexity index is 1240. The summed E-state index contributed by atoms with van der Waals surface area (Å²) in [6.45, 7) is 1.30. The fourth-order valence-electron chi connectivity index (χ4n) is 3.47. The third-order valence-electron chi connectivity index (χ3n) is 5.31. The summed E-state index contributed by atoms with van der Waals surface area (Å²) in [6, 6.07) is 23.0. The highest BCUT2D eigenvalue weighted by Gasteiger charge is 2.32. The van der Waals surface area contributed by atoms with Crippen molar-refractivity contribution in [1.82, 2.24) is 10.2 Å². The molecule has 0 aliphatic carbocycles. The van der Waals surface area contributed by atoms with E-state index in [9.17, 15) is 18.0 Å². The van der Waals surface area contributed by atoms with Crippen molar-refractivity contribution >= 4 is 43.5 Å². The highest BCUT2D eigenvalue weighted by molar-refractivity contribution is 9.10. The molecule has 0 radical (unpaired) electrons. The van der Waals surface area contributed by atoms with E-state index < -0.39 is 28.5 Å². The quantitative estimate of drug-likeness (QED) is 0.444. The molecular weight excluding hydrogens is 518 g/mol. The predicted molar refractivity (Wildman–Crippen MR) is 136 cm³/mol. The van der Waals surface area contributed by atoms with Crippen molar-refractivity contribution < 1.29 is 18.0 Å². The Morgan fingerprint density at radius 3 is 2.15 bits per heavy atom. The van der Waals surface area contributed by atoms with Gasteiger partial charge in [0.15, 0.2) is 0 Å². The molecule has 0 fully saturated rings. The second-order valence-corrected chi connectivity index (χ2v) is 10.4. The van der Waals surface area contributed by atoms with Crippen molar-refractivity contribution in [1.29, 1.82) is 0 Å². The number of amides is 2. The first-order valence-corrected chi connectivity index (χ1v) is 12.9. The minimum absolute atomic E-state index is 0.0737. The van der Waals surface area contributed by atoms with E-state index in [4.69, 9.17) is 0 Å². The summed E-state index contributed by atoms with van der Waals surface area (Å²) in [5, 5.41) is 2.56. The van der Waals surface area contributed by atoms with Gasteiger partial charge in [-0.15, -0.1) is 0 Å². The lowest BCUT2D eigenvalue weighted by molar-refractivity contribution is -0.139. The molecule has 3 aromatic rings. The van der Waals surface area contributed by atoms with Crippen LogP contribution in [0.3, 0.4) is 0 Å². The van der Waals surface area contributed by atoms with Gasteiger partial charge in [-0.1, -0.05) is 64.5 Å². The molecule has 3 aromatic carbocycles. The van der Waals surface area contributed by atoms with Crippen LogP contribution in [-0.4, -0.2) is 44.8 Å². The first kappa shape index (κ1) is 25.5. The summed E-state index contributed by atoms with van der Waals surface area (Å²) < 4.78 is 29.0. The standard InChI is InChI=1S/C25H26BrN3O4S/c1-19(25(31)27-2)28(17-20-10-9-11-21(26)16-20)24(30)18-29(22-12-5-3-6-13-22)34(32,33)23-14-7-4-8-15-23/h3-16,19H,17-18H2,1-2H3,(H,27,31). The molecule has 1 atom stereocenters. The summed E-state index contributed by atoms with van der Waals surface area (Å²) >= 11 is 3.42. The largest absolute Gasteiger partial charge is 0.357 e. The maximum absolute atomic E-state index is 13.6. The number of para-hydroxylation sites is 1. The first-order valence-electron chi connectivity index (χ1n) is 10.6. The number of halogens is 1. The normalized spacial score (nSPS) is 12.0. The number of hydrogen-bond acceptors (Lipinski definition) is 4. The lowest BCUT2D eigenvalue weighted by atomic mass is 10.1. The van der Waals surface area contributed by atoms with Gasteiger partial charge in [0.2, 0.25) is 11.8 Å². The van der Waals surface area contributed by atoms with Crippen molar-refractivity contribution in [3.8, 4) is 0 Å². The first-order chi connectivity index (χ1) is 16.2. The number of rotatable bonds is 9. The second-order valence-electron chi connectivity index (χ2n) is 7.60. The number of anilines is 1. The van der Waals surface area contributed by atoms with Gasteiger partial charge in [-0.3, -0.25) is 13.9 Å². The van der Waals surface area contributed by atoms with Gasteiger partial charge in [-0.05, 0) is 48.9 Å².